The SMILES string of the molecule is CCCNc1nc2c(Cl)cc(F)cc2cc1C(C)(C)C. The van der Waals surface area contributed by atoms with Gasteiger partial charge in [-0.1, -0.05) is 39.3 Å². The molecule has 0 unspecified atom stereocenters. The number of benzene rings is 1. The third kappa shape index (κ3) is 3.04. The Labute approximate surface area is 124 Å². The number of rotatable bonds is 3. The maximum Gasteiger partial charge on any atom is 0.130 e. The summed E-state index contributed by atoms with van der Waals surface area (Å²) >= 11 is 6.10. The Bertz CT molecular complexity index is 632. The van der Waals surface area contributed by atoms with Crippen LogP contribution in [0, 0.1) is 5.82 Å². The fourth-order valence-corrected chi connectivity index (χ4v) is 2.42. The molecule has 108 valence electrons. The van der Waals surface area contributed by atoms with Crippen LogP contribution in [0.3, 0.4) is 0 Å². The number of nitrogens with one attached hydrogen (secondary N) is 1. The number of aromatic nitrogens is 1. The molecule has 0 amide bonds. The molecule has 0 aliphatic rings. The minimum absolute atomic E-state index is 0.0734. The second kappa shape index (κ2) is 5.57. The number of halogens is 2. The van der Waals surface area contributed by atoms with Gasteiger partial charge in [-0.25, -0.2) is 9.37 Å². The number of hydrogen-bond acceptors (Lipinski definition) is 2. The van der Waals surface area contributed by atoms with Crippen LogP contribution in [0.2, 0.25) is 5.02 Å². The summed E-state index contributed by atoms with van der Waals surface area (Å²) in [6, 6.07) is 4.76. The molecule has 20 heavy (non-hydrogen) atoms. The molecule has 0 radical (unpaired) electrons. The molecule has 0 aliphatic heterocycles. The van der Waals surface area contributed by atoms with Crippen LogP contribution in [0.1, 0.15) is 39.7 Å². The van der Waals surface area contributed by atoms with Crippen LogP contribution in [0.25, 0.3) is 10.9 Å². The summed E-state index contributed by atoms with van der Waals surface area (Å²) in [6.07, 6.45) is 1.01. The highest BCUT2D eigenvalue weighted by atomic mass is 35.5. The molecule has 2 aromatic rings. The van der Waals surface area contributed by atoms with E-state index in [1.165, 1.54) is 12.1 Å². The van der Waals surface area contributed by atoms with E-state index in [1.807, 2.05) is 6.07 Å². The molecule has 1 aromatic heterocycles. The van der Waals surface area contributed by atoms with Crippen LogP contribution < -0.4 is 5.32 Å². The van der Waals surface area contributed by atoms with E-state index >= 15 is 0 Å². The molecule has 0 saturated carbocycles. The molecule has 0 spiro atoms. The van der Waals surface area contributed by atoms with Crippen molar-refractivity contribution in [3.8, 4) is 0 Å². The van der Waals surface area contributed by atoms with E-state index in [0.717, 1.165) is 29.7 Å². The lowest BCUT2D eigenvalue weighted by atomic mass is 9.86. The average Bonchev–Trinajstić information content (AvgIpc) is 2.34. The molecule has 0 bridgehead atoms. The van der Waals surface area contributed by atoms with Crippen molar-refractivity contribution in [1.82, 2.24) is 4.98 Å². The zero-order chi connectivity index (χ0) is 14.9. The molecule has 4 heteroatoms. The number of nitrogens with zero attached hydrogens (tertiary/aromatic N) is 1. The number of anilines is 1. The van der Waals surface area contributed by atoms with Gasteiger partial charge in [0.25, 0.3) is 0 Å². The van der Waals surface area contributed by atoms with Gasteiger partial charge in [0.2, 0.25) is 0 Å². The van der Waals surface area contributed by atoms with E-state index in [-0.39, 0.29) is 11.2 Å². The molecule has 0 atom stereocenters. The number of hydrogen-bond donors (Lipinski definition) is 1. The van der Waals surface area contributed by atoms with Gasteiger partial charge in [0, 0.05) is 17.5 Å². The fourth-order valence-electron chi connectivity index (χ4n) is 2.16. The summed E-state index contributed by atoms with van der Waals surface area (Å²) < 4.78 is 13.5. The van der Waals surface area contributed by atoms with Crippen molar-refractivity contribution in [3.05, 3.63) is 34.6 Å². The lowest BCUT2D eigenvalue weighted by Crippen LogP contribution is -2.16. The van der Waals surface area contributed by atoms with Crippen LogP contribution in [-0.2, 0) is 5.41 Å². The lowest BCUT2D eigenvalue weighted by Gasteiger charge is -2.23. The van der Waals surface area contributed by atoms with Crippen molar-refractivity contribution in [2.45, 2.75) is 39.5 Å². The first-order valence-electron chi connectivity index (χ1n) is 6.87. The first-order chi connectivity index (χ1) is 9.32. The molecule has 0 aliphatic carbocycles. The van der Waals surface area contributed by atoms with Crippen LogP contribution in [0.4, 0.5) is 10.2 Å². The molecule has 1 N–H and O–H groups in total. The van der Waals surface area contributed by atoms with Crippen LogP contribution in [0.5, 0.6) is 0 Å². The maximum atomic E-state index is 13.5. The van der Waals surface area contributed by atoms with Gasteiger partial charge in [-0.05, 0) is 30.0 Å². The predicted molar refractivity (Wildman–Crippen MR) is 84.2 cm³/mol. The summed E-state index contributed by atoms with van der Waals surface area (Å²) in [4.78, 5) is 4.61. The Morgan fingerprint density at radius 3 is 2.55 bits per heavy atom. The van der Waals surface area contributed by atoms with Crippen molar-refractivity contribution >= 4 is 28.3 Å². The monoisotopic (exact) mass is 294 g/mol. The van der Waals surface area contributed by atoms with Gasteiger partial charge in [0.05, 0.1) is 10.5 Å². The smallest absolute Gasteiger partial charge is 0.130 e. The number of pyridine rings is 1. The van der Waals surface area contributed by atoms with Gasteiger partial charge in [0.15, 0.2) is 0 Å². The van der Waals surface area contributed by atoms with Crippen LogP contribution >= 0.6 is 11.6 Å². The summed E-state index contributed by atoms with van der Waals surface area (Å²) in [6.45, 7) is 9.31. The lowest BCUT2D eigenvalue weighted by molar-refractivity contribution is 0.590. The zero-order valence-corrected chi connectivity index (χ0v) is 13.1. The summed E-state index contributed by atoms with van der Waals surface area (Å²) in [5, 5.41) is 4.43. The Morgan fingerprint density at radius 2 is 1.95 bits per heavy atom. The van der Waals surface area contributed by atoms with E-state index in [1.54, 1.807) is 0 Å². The molecule has 0 fully saturated rings. The zero-order valence-electron chi connectivity index (χ0n) is 12.3. The van der Waals surface area contributed by atoms with Gasteiger partial charge in [-0.3, -0.25) is 0 Å². The molecular weight excluding hydrogens is 275 g/mol. The Balaban J connectivity index is 2.68. The highest BCUT2D eigenvalue weighted by Gasteiger charge is 2.20. The van der Waals surface area contributed by atoms with E-state index in [9.17, 15) is 4.39 Å². The summed E-state index contributed by atoms with van der Waals surface area (Å²) in [7, 11) is 0. The van der Waals surface area contributed by atoms with Crippen molar-refractivity contribution in [1.29, 1.82) is 0 Å². The topological polar surface area (TPSA) is 24.9 Å². The van der Waals surface area contributed by atoms with Crippen LogP contribution in [-0.4, -0.2) is 11.5 Å². The van der Waals surface area contributed by atoms with Crippen molar-refractivity contribution in [3.63, 3.8) is 0 Å². The Hall–Kier alpha value is -1.35. The normalized spacial score (nSPS) is 11.9. The first kappa shape index (κ1) is 15.0. The average molecular weight is 295 g/mol. The molecule has 0 saturated heterocycles. The molecule has 2 rings (SSSR count). The van der Waals surface area contributed by atoms with Gasteiger partial charge < -0.3 is 5.32 Å². The summed E-state index contributed by atoms with van der Waals surface area (Å²) in [5.74, 6) is 0.499. The minimum atomic E-state index is -0.335. The van der Waals surface area contributed by atoms with Gasteiger partial charge in [0.1, 0.15) is 11.6 Å². The molecule has 2 nitrogen and oxygen atoms in total. The van der Waals surface area contributed by atoms with E-state index in [4.69, 9.17) is 11.6 Å². The molecule has 1 aromatic carbocycles. The maximum absolute atomic E-state index is 13.5. The van der Waals surface area contributed by atoms with Gasteiger partial charge >= 0.3 is 0 Å². The van der Waals surface area contributed by atoms with Crippen LogP contribution in [0.15, 0.2) is 18.2 Å². The highest BCUT2D eigenvalue weighted by Crippen LogP contribution is 2.33. The van der Waals surface area contributed by atoms with E-state index < -0.39 is 0 Å². The van der Waals surface area contributed by atoms with Gasteiger partial charge in [-0.15, -0.1) is 0 Å². The first-order valence-corrected chi connectivity index (χ1v) is 7.25. The highest BCUT2D eigenvalue weighted by molar-refractivity contribution is 6.35. The largest absolute Gasteiger partial charge is 0.370 e. The predicted octanol–water partition coefficient (Wildman–Crippen LogP) is 5.15. The number of fused-ring (bicyclic) bond motifs is 1. The molecular formula is C16H20ClFN2. The van der Waals surface area contributed by atoms with E-state index in [2.05, 4.69) is 38.0 Å². The Kier molecular flexibility index (Phi) is 4.19. The Morgan fingerprint density at radius 1 is 1.25 bits per heavy atom. The fraction of sp³-hybridized carbons (Fsp3) is 0.438. The summed E-state index contributed by atoms with van der Waals surface area (Å²) in [5.41, 5.74) is 1.63. The second-order valence-electron chi connectivity index (χ2n) is 6.02. The van der Waals surface area contributed by atoms with Crippen molar-refractivity contribution in [2.24, 2.45) is 0 Å². The second-order valence-corrected chi connectivity index (χ2v) is 6.43. The third-order valence-electron chi connectivity index (χ3n) is 3.19. The quantitative estimate of drug-likeness (QED) is 0.847. The van der Waals surface area contributed by atoms with Crippen molar-refractivity contribution < 1.29 is 4.39 Å². The van der Waals surface area contributed by atoms with Gasteiger partial charge in [-0.2, -0.15) is 0 Å². The standard InChI is InChI=1S/C16H20ClFN2/c1-5-6-19-15-12(16(2,3)4)8-10-7-11(18)9-13(17)14(10)20-15/h7-9H,5-6H2,1-4H3,(H,19,20). The minimum Gasteiger partial charge on any atom is -0.370 e. The molecule has 1 heterocycles. The van der Waals surface area contributed by atoms with E-state index in [0.29, 0.717) is 10.5 Å². The van der Waals surface area contributed by atoms with Crippen molar-refractivity contribution in [2.75, 3.05) is 11.9 Å². The third-order valence-corrected chi connectivity index (χ3v) is 3.47.